The number of rotatable bonds is 7. The van der Waals surface area contributed by atoms with Crippen molar-refractivity contribution < 1.29 is 19.6 Å². The van der Waals surface area contributed by atoms with Gasteiger partial charge in [0.1, 0.15) is 17.6 Å². The molecule has 104 valence electrons. The molecule has 19 heavy (non-hydrogen) atoms. The van der Waals surface area contributed by atoms with Gasteiger partial charge in [-0.15, -0.1) is 0 Å². The summed E-state index contributed by atoms with van der Waals surface area (Å²) < 4.78 is 5.28. The lowest BCUT2D eigenvalue weighted by molar-refractivity contribution is -0.385. The number of aromatic nitrogens is 1. The number of carboxylic acid groups (broad SMARTS) is 1. The molecule has 0 fully saturated rings. The molecule has 0 bridgehead atoms. The third-order valence-electron chi connectivity index (χ3n) is 2.32. The molecule has 1 atom stereocenters. The van der Waals surface area contributed by atoms with Gasteiger partial charge in [-0.05, 0) is 13.8 Å². The van der Waals surface area contributed by atoms with E-state index >= 15 is 0 Å². The van der Waals surface area contributed by atoms with Crippen LogP contribution >= 0.6 is 0 Å². The fourth-order valence-corrected chi connectivity index (χ4v) is 1.44. The van der Waals surface area contributed by atoms with Crippen LogP contribution in [0.3, 0.4) is 0 Å². The Morgan fingerprint density at radius 1 is 1.68 bits per heavy atom. The van der Waals surface area contributed by atoms with Crippen molar-refractivity contribution in [1.29, 1.82) is 0 Å². The van der Waals surface area contributed by atoms with E-state index in [-0.39, 0.29) is 23.2 Å². The number of pyridine rings is 1. The van der Waals surface area contributed by atoms with Crippen molar-refractivity contribution in [1.82, 2.24) is 4.98 Å². The summed E-state index contributed by atoms with van der Waals surface area (Å²) >= 11 is 0. The predicted molar refractivity (Wildman–Crippen MR) is 67.4 cm³/mol. The highest BCUT2D eigenvalue weighted by Gasteiger charge is 2.17. The maximum Gasteiger partial charge on any atom is 0.339 e. The maximum absolute atomic E-state index is 11.0. The molecule has 0 amide bonds. The van der Waals surface area contributed by atoms with Crippen LogP contribution in [-0.2, 0) is 4.74 Å². The summed E-state index contributed by atoms with van der Waals surface area (Å²) in [4.78, 5) is 24.7. The van der Waals surface area contributed by atoms with Gasteiger partial charge in [0.05, 0.1) is 11.0 Å². The number of anilines is 1. The van der Waals surface area contributed by atoms with Gasteiger partial charge in [-0.2, -0.15) is 0 Å². The smallest absolute Gasteiger partial charge is 0.339 e. The second-order valence-electron chi connectivity index (χ2n) is 3.80. The largest absolute Gasteiger partial charge is 0.478 e. The molecule has 1 rings (SSSR count). The molecule has 0 aliphatic carbocycles. The van der Waals surface area contributed by atoms with Crippen LogP contribution in [0.15, 0.2) is 12.3 Å². The van der Waals surface area contributed by atoms with Crippen molar-refractivity contribution in [2.45, 2.75) is 20.0 Å². The van der Waals surface area contributed by atoms with Crippen molar-refractivity contribution in [3.63, 3.8) is 0 Å². The molecule has 1 aromatic heterocycles. The topological polar surface area (TPSA) is 115 Å². The zero-order chi connectivity index (χ0) is 14.4. The molecule has 0 radical (unpaired) electrons. The van der Waals surface area contributed by atoms with Gasteiger partial charge in [0.15, 0.2) is 0 Å². The molecule has 8 heteroatoms. The molecular formula is C11H15N3O5. The molecule has 1 unspecified atom stereocenters. The van der Waals surface area contributed by atoms with E-state index in [1.54, 1.807) is 0 Å². The summed E-state index contributed by atoms with van der Waals surface area (Å²) in [5, 5.41) is 22.4. The van der Waals surface area contributed by atoms with Crippen LogP contribution in [0.2, 0.25) is 0 Å². The molecule has 0 aliphatic rings. The van der Waals surface area contributed by atoms with E-state index in [2.05, 4.69) is 10.3 Å². The van der Waals surface area contributed by atoms with Crippen LogP contribution < -0.4 is 5.32 Å². The first-order chi connectivity index (χ1) is 8.95. The van der Waals surface area contributed by atoms with E-state index in [9.17, 15) is 14.9 Å². The summed E-state index contributed by atoms with van der Waals surface area (Å²) in [5.41, 5.74) is -0.598. The normalized spacial score (nSPS) is 11.9. The Kier molecular flexibility index (Phi) is 5.19. The number of nitro groups is 1. The van der Waals surface area contributed by atoms with Gasteiger partial charge in [-0.3, -0.25) is 10.1 Å². The maximum atomic E-state index is 11.0. The van der Waals surface area contributed by atoms with E-state index in [0.717, 1.165) is 12.3 Å². The van der Waals surface area contributed by atoms with Crippen molar-refractivity contribution in [3.05, 3.63) is 27.9 Å². The average molecular weight is 269 g/mol. The van der Waals surface area contributed by atoms with Crippen LogP contribution in [0.25, 0.3) is 0 Å². The van der Waals surface area contributed by atoms with Crippen molar-refractivity contribution >= 4 is 17.5 Å². The van der Waals surface area contributed by atoms with Crippen LogP contribution in [0.1, 0.15) is 24.2 Å². The number of hydrogen-bond acceptors (Lipinski definition) is 6. The van der Waals surface area contributed by atoms with Crippen molar-refractivity contribution in [2.24, 2.45) is 0 Å². The SMILES string of the molecule is CCOC(C)CNc1ncc([N+](=O)[O-])cc1C(=O)O. The molecule has 2 N–H and O–H groups in total. The summed E-state index contributed by atoms with van der Waals surface area (Å²) in [6, 6.07) is 0.975. The molecule has 0 saturated carbocycles. The zero-order valence-corrected chi connectivity index (χ0v) is 10.6. The third kappa shape index (κ3) is 4.18. The number of nitrogens with one attached hydrogen (secondary N) is 1. The summed E-state index contributed by atoms with van der Waals surface area (Å²) in [7, 11) is 0. The van der Waals surface area contributed by atoms with E-state index in [0.29, 0.717) is 13.2 Å². The Labute approximate surface area is 109 Å². The van der Waals surface area contributed by atoms with Gasteiger partial charge < -0.3 is 15.2 Å². The first-order valence-electron chi connectivity index (χ1n) is 5.68. The Balaban J connectivity index is 2.88. The fraction of sp³-hybridized carbons (Fsp3) is 0.455. The van der Waals surface area contributed by atoms with E-state index in [1.807, 2.05) is 13.8 Å². The number of hydrogen-bond donors (Lipinski definition) is 2. The third-order valence-corrected chi connectivity index (χ3v) is 2.32. The molecular weight excluding hydrogens is 254 g/mol. The lowest BCUT2D eigenvalue weighted by Crippen LogP contribution is -2.21. The number of carboxylic acids is 1. The lowest BCUT2D eigenvalue weighted by atomic mass is 10.2. The number of nitrogens with zero attached hydrogens (tertiary/aromatic N) is 2. The highest BCUT2D eigenvalue weighted by Crippen LogP contribution is 2.19. The van der Waals surface area contributed by atoms with Gasteiger partial charge in [-0.1, -0.05) is 0 Å². The molecule has 0 spiro atoms. The van der Waals surface area contributed by atoms with Gasteiger partial charge in [0.25, 0.3) is 5.69 Å². The van der Waals surface area contributed by atoms with Crippen LogP contribution in [0, 0.1) is 10.1 Å². The molecule has 8 nitrogen and oxygen atoms in total. The Morgan fingerprint density at radius 3 is 2.89 bits per heavy atom. The second kappa shape index (κ2) is 6.64. The average Bonchev–Trinajstić information content (AvgIpc) is 2.36. The minimum Gasteiger partial charge on any atom is -0.478 e. The lowest BCUT2D eigenvalue weighted by Gasteiger charge is -2.14. The summed E-state index contributed by atoms with van der Waals surface area (Å²) in [6.07, 6.45) is 0.892. The highest BCUT2D eigenvalue weighted by atomic mass is 16.6. The Bertz CT molecular complexity index is 477. The van der Waals surface area contributed by atoms with E-state index < -0.39 is 10.9 Å². The first-order valence-corrected chi connectivity index (χ1v) is 5.68. The minimum absolute atomic E-state index is 0.0876. The quantitative estimate of drug-likeness (QED) is 0.569. The van der Waals surface area contributed by atoms with Crippen LogP contribution in [-0.4, -0.2) is 40.2 Å². The highest BCUT2D eigenvalue weighted by molar-refractivity contribution is 5.93. The van der Waals surface area contributed by atoms with Crippen LogP contribution in [0.4, 0.5) is 11.5 Å². The Morgan fingerprint density at radius 2 is 2.37 bits per heavy atom. The predicted octanol–water partition coefficient (Wildman–Crippen LogP) is 1.52. The fourth-order valence-electron chi connectivity index (χ4n) is 1.44. The standard InChI is InChI=1S/C11H15N3O5/c1-3-19-7(2)5-12-10-9(11(15)16)4-8(6-13-10)14(17)18/h4,6-7H,3,5H2,1-2H3,(H,12,13)(H,15,16). The number of aromatic carboxylic acids is 1. The minimum atomic E-state index is -1.28. The second-order valence-corrected chi connectivity index (χ2v) is 3.80. The van der Waals surface area contributed by atoms with Crippen molar-refractivity contribution in [3.8, 4) is 0 Å². The van der Waals surface area contributed by atoms with Crippen LogP contribution in [0.5, 0.6) is 0 Å². The summed E-state index contributed by atoms with van der Waals surface area (Å²) in [5.74, 6) is -1.19. The summed E-state index contributed by atoms with van der Waals surface area (Å²) in [6.45, 7) is 4.58. The molecule has 1 heterocycles. The Hall–Kier alpha value is -2.22. The number of ether oxygens (including phenoxy) is 1. The van der Waals surface area contributed by atoms with Gasteiger partial charge in [0, 0.05) is 19.2 Å². The molecule has 0 saturated heterocycles. The van der Waals surface area contributed by atoms with Gasteiger partial charge >= 0.3 is 5.97 Å². The zero-order valence-electron chi connectivity index (χ0n) is 10.6. The monoisotopic (exact) mass is 269 g/mol. The molecule has 0 aromatic carbocycles. The molecule has 0 aliphatic heterocycles. The first kappa shape index (κ1) is 14.8. The van der Waals surface area contributed by atoms with E-state index in [4.69, 9.17) is 9.84 Å². The number of carbonyl (C=O) groups is 1. The van der Waals surface area contributed by atoms with Gasteiger partial charge in [0.2, 0.25) is 0 Å². The van der Waals surface area contributed by atoms with Gasteiger partial charge in [-0.25, -0.2) is 9.78 Å². The van der Waals surface area contributed by atoms with Crippen molar-refractivity contribution in [2.75, 3.05) is 18.5 Å². The van der Waals surface area contributed by atoms with E-state index in [1.165, 1.54) is 0 Å². The molecule has 1 aromatic rings.